The van der Waals surface area contributed by atoms with Crippen LogP contribution in [0, 0.1) is 6.92 Å². The lowest BCUT2D eigenvalue weighted by atomic mass is 10.2. The van der Waals surface area contributed by atoms with E-state index in [-0.39, 0.29) is 17.5 Å². The van der Waals surface area contributed by atoms with E-state index in [4.69, 9.17) is 0 Å². The number of hydrogen-bond donors (Lipinski definition) is 0. The highest BCUT2D eigenvalue weighted by Gasteiger charge is 2.31. The molecule has 0 radical (unpaired) electrons. The fourth-order valence-electron chi connectivity index (χ4n) is 3.36. The van der Waals surface area contributed by atoms with Gasteiger partial charge in [-0.25, -0.2) is 9.67 Å². The lowest BCUT2D eigenvalue weighted by Crippen LogP contribution is -2.40. The summed E-state index contributed by atoms with van der Waals surface area (Å²) in [5.74, 6) is -0.0693. The normalized spacial score (nSPS) is 16.6. The zero-order chi connectivity index (χ0) is 18.8. The third-order valence-corrected chi connectivity index (χ3v) is 5.48. The molecule has 27 heavy (non-hydrogen) atoms. The molecule has 0 spiro atoms. The number of carbonyl (C=O) groups excluding carboxylic acids is 1. The number of hydrogen-bond acceptors (Lipinski definition) is 6. The molecule has 0 N–H and O–H groups in total. The molecule has 1 amide bonds. The summed E-state index contributed by atoms with van der Waals surface area (Å²) in [6.45, 7) is 2.95. The smallest absolute Gasteiger partial charge is 0.273 e. The summed E-state index contributed by atoms with van der Waals surface area (Å²) in [6, 6.07) is 6.88. The van der Waals surface area contributed by atoms with Crippen molar-refractivity contribution in [2.75, 3.05) is 6.54 Å². The van der Waals surface area contributed by atoms with Gasteiger partial charge >= 0.3 is 0 Å². The zero-order valence-electron chi connectivity index (χ0n) is 14.9. The number of thiazole rings is 1. The first-order valence-corrected chi connectivity index (χ1v) is 9.71. The number of aryl methyl sites for hydroxylation is 1. The predicted molar refractivity (Wildman–Crippen MR) is 103 cm³/mol. The number of nitrogens with zero attached hydrogens (tertiary/aromatic N) is 5. The molecule has 4 rings (SSSR count). The molecule has 3 aromatic rings. The summed E-state index contributed by atoms with van der Waals surface area (Å²) in [5, 5.41) is 7.17. The van der Waals surface area contributed by atoms with E-state index in [2.05, 4.69) is 15.1 Å². The highest BCUT2D eigenvalue weighted by Crippen LogP contribution is 2.22. The van der Waals surface area contributed by atoms with Gasteiger partial charge in [0.1, 0.15) is 5.69 Å². The van der Waals surface area contributed by atoms with Crippen LogP contribution in [0.2, 0.25) is 0 Å². The van der Waals surface area contributed by atoms with E-state index in [1.807, 2.05) is 24.0 Å². The van der Waals surface area contributed by atoms with Crippen molar-refractivity contribution >= 4 is 17.2 Å². The van der Waals surface area contributed by atoms with Gasteiger partial charge in [0.2, 0.25) is 0 Å². The first-order valence-electron chi connectivity index (χ1n) is 8.83. The fraction of sp³-hybridized carbons (Fsp3) is 0.316. The number of amides is 1. The van der Waals surface area contributed by atoms with E-state index in [0.29, 0.717) is 24.5 Å². The fourth-order valence-corrected chi connectivity index (χ4v) is 3.94. The molecule has 138 valence electrons. The highest BCUT2D eigenvalue weighted by molar-refractivity contribution is 7.09. The van der Waals surface area contributed by atoms with Gasteiger partial charge in [-0.15, -0.1) is 11.3 Å². The Morgan fingerprint density at radius 2 is 2.07 bits per heavy atom. The van der Waals surface area contributed by atoms with Gasteiger partial charge in [0, 0.05) is 35.9 Å². The van der Waals surface area contributed by atoms with E-state index in [1.165, 1.54) is 22.1 Å². The molecule has 1 fully saturated rings. The maximum Gasteiger partial charge on any atom is 0.273 e. The van der Waals surface area contributed by atoms with Gasteiger partial charge in [-0.1, -0.05) is 0 Å². The Hall–Kier alpha value is -2.87. The van der Waals surface area contributed by atoms with E-state index in [9.17, 15) is 9.59 Å². The van der Waals surface area contributed by atoms with Crippen LogP contribution in [0.4, 0.5) is 0 Å². The average Bonchev–Trinajstić information content (AvgIpc) is 3.33. The molecule has 3 aromatic heterocycles. The molecule has 0 bridgehead atoms. The SMILES string of the molecule is Cc1nc(C(=O)N2CCCC2Cn2nc(-c3ccncc3)ccc2=O)cs1. The van der Waals surface area contributed by atoms with E-state index >= 15 is 0 Å². The molecule has 8 heteroatoms. The Labute approximate surface area is 160 Å². The van der Waals surface area contributed by atoms with Crippen LogP contribution in [-0.4, -0.2) is 43.1 Å². The third kappa shape index (κ3) is 3.66. The van der Waals surface area contributed by atoms with E-state index < -0.39 is 0 Å². The highest BCUT2D eigenvalue weighted by atomic mass is 32.1. The summed E-state index contributed by atoms with van der Waals surface area (Å²) in [6.07, 6.45) is 5.15. The molecular formula is C19H19N5O2S. The van der Waals surface area contributed by atoms with Crippen molar-refractivity contribution in [2.45, 2.75) is 32.4 Å². The van der Waals surface area contributed by atoms with Crippen molar-refractivity contribution in [3.05, 3.63) is 63.1 Å². The molecule has 7 nitrogen and oxygen atoms in total. The molecule has 4 heterocycles. The summed E-state index contributed by atoms with van der Waals surface area (Å²) in [4.78, 5) is 35.2. The Morgan fingerprint density at radius 3 is 2.81 bits per heavy atom. The second-order valence-electron chi connectivity index (χ2n) is 6.52. The van der Waals surface area contributed by atoms with Crippen molar-refractivity contribution in [3.63, 3.8) is 0 Å². The first kappa shape index (κ1) is 17.5. The largest absolute Gasteiger partial charge is 0.332 e. The zero-order valence-corrected chi connectivity index (χ0v) is 15.7. The Kier molecular flexibility index (Phi) is 4.81. The number of likely N-dealkylation sites (tertiary alicyclic amines) is 1. The number of carbonyl (C=O) groups is 1. The Bertz CT molecular complexity index is 1010. The Morgan fingerprint density at radius 1 is 1.26 bits per heavy atom. The van der Waals surface area contributed by atoms with Crippen LogP contribution in [0.3, 0.4) is 0 Å². The van der Waals surface area contributed by atoms with Gasteiger partial charge < -0.3 is 4.90 Å². The minimum absolute atomic E-state index is 0.0580. The van der Waals surface area contributed by atoms with Crippen molar-refractivity contribution in [1.82, 2.24) is 24.6 Å². The summed E-state index contributed by atoms with van der Waals surface area (Å²) < 4.78 is 1.46. The van der Waals surface area contributed by atoms with Gasteiger partial charge in [-0.05, 0) is 38.0 Å². The van der Waals surface area contributed by atoms with Crippen LogP contribution in [0.5, 0.6) is 0 Å². The van der Waals surface area contributed by atoms with E-state index in [0.717, 1.165) is 23.4 Å². The third-order valence-electron chi connectivity index (χ3n) is 4.70. The summed E-state index contributed by atoms with van der Waals surface area (Å²) >= 11 is 1.47. The van der Waals surface area contributed by atoms with Crippen LogP contribution >= 0.6 is 11.3 Å². The molecular weight excluding hydrogens is 362 g/mol. The minimum Gasteiger partial charge on any atom is -0.332 e. The molecule has 1 saturated heterocycles. The predicted octanol–water partition coefficient (Wildman–Crippen LogP) is 2.38. The molecule has 0 saturated carbocycles. The minimum atomic E-state index is -0.170. The summed E-state index contributed by atoms with van der Waals surface area (Å²) in [5.41, 5.74) is 1.92. The van der Waals surface area contributed by atoms with Gasteiger partial charge in [0.15, 0.2) is 0 Å². The van der Waals surface area contributed by atoms with Gasteiger partial charge in [-0.3, -0.25) is 14.6 Å². The van der Waals surface area contributed by atoms with Crippen molar-refractivity contribution < 1.29 is 4.79 Å². The second-order valence-corrected chi connectivity index (χ2v) is 7.58. The first-order chi connectivity index (χ1) is 13.1. The number of aromatic nitrogens is 4. The lowest BCUT2D eigenvalue weighted by Gasteiger charge is -2.24. The lowest BCUT2D eigenvalue weighted by molar-refractivity contribution is 0.0715. The van der Waals surface area contributed by atoms with Gasteiger partial charge in [-0.2, -0.15) is 5.10 Å². The Balaban J connectivity index is 1.58. The second kappa shape index (κ2) is 7.40. The standard InChI is InChI=1S/C19H19N5O2S/c1-13-21-17(12-27-13)19(26)23-10-2-3-15(23)11-24-18(25)5-4-16(22-24)14-6-8-20-9-7-14/h4-9,12,15H,2-3,10-11H2,1H3. The van der Waals surface area contributed by atoms with Crippen molar-refractivity contribution in [2.24, 2.45) is 0 Å². The van der Waals surface area contributed by atoms with Gasteiger partial charge in [0.05, 0.1) is 23.3 Å². The molecule has 0 aliphatic carbocycles. The van der Waals surface area contributed by atoms with Crippen LogP contribution in [0.25, 0.3) is 11.3 Å². The van der Waals surface area contributed by atoms with Crippen molar-refractivity contribution in [3.8, 4) is 11.3 Å². The maximum absolute atomic E-state index is 12.8. The van der Waals surface area contributed by atoms with Gasteiger partial charge in [0.25, 0.3) is 11.5 Å². The number of pyridine rings is 1. The van der Waals surface area contributed by atoms with Crippen LogP contribution in [0.1, 0.15) is 28.3 Å². The monoisotopic (exact) mass is 381 g/mol. The molecule has 1 aliphatic rings. The quantitative estimate of drug-likeness (QED) is 0.693. The molecule has 1 aliphatic heterocycles. The topological polar surface area (TPSA) is 81.0 Å². The maximum atomic E-state index is 12.8. The molecule has 1 unspecified atom stereocenters. The molecule has 0 aromatic carbocycles. The number of rotatable bonds is 4. The average molecular weight is 381 g/mol. The van der Waals surface area contributed by atoms with Crippen LogP contribution < -0.4 is 5.56 Å². The van der Waals surface area contributed by atoms with Crippen LogP contribution in [0.15, 0.2) is 46.8 Å². The molecule has 1 atom stereocenters. The van der Waals surface area contributed by atoms with Crippen molar-refractivity contribution in [1.29, 1.82) is 0 Å². The van der Waals surface area contributed by atoms with E-state index in [1.54, 1.807) is 23.8 Å². The summed E-state index contributed by atoms with van der Waals surface area (Å²) in [7, 11) is 0. The van der Waals surface area contributed by atoms with Crippen LogP contribution in [-0.2, 0) is 6.54 Å².